The quantitative estimate of drug-likeness (QED) is 0.650. The van der Waals surface area contributed by atoms with Crippen LogP contribution in [0.5, 0.6) is 0 Å². The number of rotatable bonds is 2. The lowest BCUT2D eigenvalue weighted by Gasteiger charge is -2.13. The summed E-state index contributed by atoms with van der Waals surface area (Å²) in [7, 11) is 0. The van der Waals surface area contributed by atoms with Gasteiger partial charge in [0.25, 0.3) is 0 Å². The zero-order valence-electron chi connectivity index (χ0n) is 8.43. The molecule has 6 heteroatoms. The standard InChI is InChI=1S/C9H13ClN4O/c1-5(10)9(15)12-8-6-2-3-11-4-7(6)13-14-8/h5,11H,2-4H2,1H3,(H2,12,13,14,15). The number of alkyl halides is 1. The summed E-state index contributed by atoms with van der Waals surface area (Å²) in [5.74, 6) is 0.397. The maximum atomic E-state index is 11.4. The molecule has 1 aliphatic heterocycles. The van der Waals surface area contributed by atoms with Gasteiger partial charge in [0.05, 0.1) is 5.69 Å². The number of halogens is 1. The Morgan fingerprint density at radius 3 is 3.20 bits per heavy atom. The van der Waals surface area contributed by atoms with Crippen molar-refractivity contribution in [1.82, 2.24) is 15.5 Å². The lowest BCUT2D eigenvalue weighted by molar-refractivity contribution is -0.115. The van der Waals surface area contributed by atoms with Crippen molar-refractivity contribution in [2.24, 2.45) is 0 Å². The highest BCUT2D eigenvalue weighted by Gasteiger charge is 2.19. The Labute approximate surface area is 92.6 Å². The molecule has 5 nitrogen and oxygen atoms in total. The highest BCUT2D eigenvalue weighted by atomic mass is 35.5. The second-order valence-electron chi connectivity index (χ2n) is 3.56. The van der Waals surface area contributed by atoms with Crippen molar-refractivity contribution in [1.29, 1.82) is 0 Å². The van der Waals surface area contributed by atoms with E-state index in [4.69, 9.17) is 11.6 Å². The van der Waals surface area contributed by atoms with Gasteiger partial charge in [0.15, 0.2) is 5.82 Å². The van der Waals surface area contributed by atoms with Crippen molar-refractivity contribution in [3.8, 4) is 0 Å². The van der Waals surface area contributed by atoms with Crippen molar-refractivity contribution in [2.75, 3.05) is 11.9 Å². The van der Waals surface area contributed by atoms with E-state index in [1.165, 1.54) is 0 Å². The van der Waals surface area contributed by atoms with Gasteiger partial charge in [-0.15, -0.1) is 11.6 Å². The third-order valence-corrected chi connectivity index (χ3v) is 2.61. The monoisotopic (exact) mass is 228 g/mol. The highest BCUT2D eigenvalue weighted by Crippen LogP contribution is 2.20. The molecule has 0 fully saturated rings. The minimum atomic E-state index is -0.543. The SMILES string of the molecule is CC(Cl)C(=O)Nc1n[nH]c2c1CCNC2. The summed E-state index contributed by atoms with van der Waals surface area (Å²) >= 11 is 5.67. The summed E-state index contributed by atoms with van der Waals surface area (Å²) in [6, 6.07) is 0. The van der Waals surface area contributed by atoms with E-state index in [0.29, 0.717) is 5.82 Å². The number of fused-ring (bicyclic) bond motifs is 1. The van der Waals surface area contributed by atoms with E-state index in [1.54, 1.807) is 6.92 Å². The van der Waals surface area contributed by atoms with Crippen LogP contribution in [0.25, 0.3) is 0 Å². The van der Waals surface area contributed by atoms with Crippen LogP contribution in [-0.2, 0) is 17.8 Å². The number of H-pyrrole nitrogens is 1. The Morgan fingerprint density at radius 1 is 1.67 bits per heavy atom. The van der Waals surface area contributed by atoms with Gasteiger partial charge in [0, 0.05) is 12.1 Å². The third kappa shape index (κ3) is 2.13. The van der Waals surface area contributed by atoms with Crippen LogP contribution in [0, 0.1) is 0 Å². The van der Waals surface area contributed by atoms with E-state index in [1.807, 2.05) is 0 Å². The summed E-state index contributed by atoms with van der Waals surface area (Å²) in [5, 5.41) is 12.4. The summed E-state index contributed by atoms with van der Waals surface area (Å²) in [6.07, 6.45) is 0.873. The molecule has 1 unspecified atom stereocenters. The van der Waals surface area contributed by atoms with Gasteiger partial charge in [-0.2, -0.15) is 5.10 Å². The maximum Gasteiger partial charge on any atom is 0.243 e. The van der Waals surface area contributed by atoms with Gasteiger partial charge in [-0.3, -0.25) is 9.89 Å². The van der Waals surface area contributed by atoms with Crippen LogP contribution in [0.4, 0.5) is 5.82 Å². The summed E-state index contributed by atoms with van der Waals surface area (Å²) in [4.78, 5) is 11.4. The molecule has 0 radical (unpaired) electrons. The number of aromatic amines is 1. The smallest absolute Gasteiger partial charge is 0.243 e. The molecule has 0 aliphatic carbocycles. The summed E-state index contributed by atoms with van der Waals surface area (Å²) in [6.45, 7) is 3.32. The van der Waals surface area contributed by atoms with Gasteiger partial charge in [-0.1, -0.05) is 0 Å². The fraction of sp³-hybridized carbons (Fsp3) is 0.556. The highest BCUT2D eigenvalue weighted by molar-refractivity contribution is 6.32. The van der Waals surface area contributed by atoms with Crippen molar-refractivity contribution in [3.05, 3.63) is 11.3 Å². The molecule has 2 rings (SSSR count). The first-order valence-corrected chi connectivity index (χ1v) is 5.34. The lowest BCUT2D eigenvalue weighted by Crippen LogP contribution is -2.25. The molecule has 3 N–H and O–H groups in total. The van der Waals surface area contributed by atoms with Crippen LogP contribution in [0.3, 0.4) is 0 Å². The fourth-order valence-electron chi connectivity index (χ4n) is 1.56. The van der Waals surface area contributed by atoms with Crippen molar-refractivity contribution >= 4 is 23.3 Å². The maximum absolute atomic E-state index is 11.4. The lowest BCUT2D eigenvalue weighted by atomic mass is 10.1. The molecule has 0 bridgehead atoms. The Balaban J connectivity index is 2.15. The van der Waals surface area contributed by atoms with E-state index in [9.17, 15) is 4.79 Å². The predicted molar refractivity (Wildman–Crippen MR) is 57.9 cm³/mol. The normalized spacial score (nSPS) is 16.9. The Morgan fingerprint density at radius 2 is 2.47 bits per heavy atom. The van der Waals surface area contributed by atoms with Crippen molar-refractivity contribution in [3.63, 3.8) is 0 Å². The van der Waals surface area contributed by atoms with Gasteiger partial charge in [0.1, 0.15) is 5.38 Å². The number of nitrogens with zero attached hydrogens (tertiary/aromatic N) is 1. The molecule has 0 spiro atoms. The fourth-order valence-corrected chi connectivity index (χ4v) is 1.62. The van der Waals surface area contributed by atoms with Gasteiger partial charge in [0.2, 0.25) is 5.91 Å². The molecule has 1 atom stereocenters. The minimum absolute atomic E-state index is 0.218. The zero-order chi connectivity index (χ0) is 10.8. The van der Waals surface area contributed by atoms with Crippen LogP contribution in [0.1, 0.15) is 18.2 Å². The second-order valence-corrected chi connectivity index (χ2v) is 4.22. The number of hydrogen-bond acceptors (Lipinski definition) is 3. The second kappa shape index (κ2) is 4.20. The van der Waals surface area contributed by atoms with Gasteiger partial charge in [-0.05, 0) is 19.9 Å². The first-order valence-electron chi connectivity index (χ1n) is 4.90. The summed E-state index contributed by atoms with van der Waals surface area (Å²) < 4.78 is 0. The number of anilines is 1. The molecule has 0 saturated carbocycles. The molecular weight excluding hydrogens is 216 g/mol. The van der Waals surface area contributed by atoms with E-state index >= 15 is 0 Å². The van der Waals surface area contributed by atoms with E-state index in [-0.39, 0.29) is 5.91 Å². The number of carbonyl (C=O) groups is 1. The van der Waals surface area contributed by atoms with E-state index < -0.39 is 5.38 Å². The summed E-state index contributed by atoms with van der Waals surface area (Å²) in [5.41, 5.74) is 2.12. The minimum Gasteiger partial charge on any atom is -0.311 e. The molecule has 2 heterocycles. The topological polar surface area (TPSA) is 69.8 Å². The molecule has 15 heavy (non-hydrogen) atoms. The number of amides is 1. The predicted octanol–water partition coefficient (Wildman–Crippen LogP) is 0.621. The first-order chi connectivity index (χ1) is 7.18. The molecule has 1 aromatic heterocycles. The first kappa shape index (κ1) is 10.4. The number of aromatic nitrogens is 2. The molecule has 82 valence electrons. The van der Waals surface area contributed by atoms with Crippen molar-refractivity contribution < 1.29 is 4.79 Å². The average Bonchev–Trinajstić information content (AvgIpc) is 2.62. The van der Waals surface area contributed by atoms with E-state index in [2.05, 4.69) is 20.8 Å². The van der Waals surface area contributed by atoms with Crippen LogP contribution in [0.2, 0.25) is 0 Å². The van der Waals surface area contributed by atoms with Gasteiger partial charge >= 0.3 is 0 Å². The van der Waals surface area contributed by atoms with Gasteiger partial charge < -0.3 is 10.6 Å². The van der Waals surface area contributed by atoms with Crippen molar-refractivity contribution in [2.45, 2.75) is 25.3 Å². The average molecular weight is 229 g/mol. The van der Waals surface area contributed by atoms with Gasteiger partial charge in [-0.25, -0.2) is 0 Å². The largest absolute Gasteiger partial charge is 0.311 e. The molecule has 1 aliphatic rings. The Bertz CT molecular complexity index is 374. The number of carbonyl (C=O) groups excluding carboxylic acids is 1. The molecule has 1 amide bonds. The third-order valence-electron chi connectivity index (χ3n) is 2.41. The van der Waals surface area contributed by atoms with Crippen LogP contribution >= 0.6 is 11.6 Å². The molecule has 1 aromatic rings. The molecule has 0 saturated heterocycles. The van der Waals surface area contributed by atoms with Crippen LogP contribution < -0.4 is 10.6 Å². The van der Waals surface area contributed by atoms with E-state index in [0.717, 1.165) is 30.8 Å². The number of nitrogens with one attached hydrogen (secondary N) is 3. The molecular formula is C9H13ClN4O. The van der Waals surface area contributed by atoms with Crippen LogP contribution in [0.15, 0.2) is 0 Å². The number of hydrogen-bond donors (Lipinski definition) is 3. The Hall–Kier alpha value is -1.07. The Kier molecular flexibility index (Phi) is 2.93. The molecule has 0 aromatic carbocycles. The van der Waals surface area contributed by atoms with Crippen LogP contribution in [-0.4, -0.2) is 28.0 Å². The zero-order valence-corrected chi connectivity index (χ0v) is 9.19.